The van der Waals surface area contributed by atoms with Gasteiger partial charge in [0.25, 0.3) is 0 Å². The smallest absolute Gasteiger partial charge is 0.324 e. The minimum Gasteiger partial charge on any atom is -0.394 e. The molecule has 2 aromatic heterocycles. The second-order valence-corrected chi connectivity index (χ2v) is 7.75. The van der Waals surface area contributed by atoms with Crippen LogP contribution in [0.3, 0.4) is 0 Å². The third-order valence-corrected chi connectivity index (χ3v) is 5.41. The highest BCUT2D eigenvalue weighted by atomic mass is 35.5. The fourth-order valence-electron chi connectivity index (χ4n) is 3.28. The van der Waals surface area contributed by atoms with E-state index in [1.54, 1.807) is 42.3 Å². The molecule has 0 radical (unpaired) electrons. The number of nitrogens with one attached hydrogen (secondary N) is 2. The van der Waals surface area contributed by atoms with E-state index < -0.39 is 30.7 Å². The first kappa shape index (κ1) is 23.4. The maximum absolute atomic E-state index is 13.8. The Hall–Kier alpha value is -3.80. The third kappa shape index (κ3) is 5.06. The molecule has 3 aromatic rings. The van der Waals surface area contributed by atoms with E-state index in [4.69, 9.17) is 11.6 Å². The highest BCUT2D eigenvalue weighted by Gasteiger charge is 2.25. The second-order valence-electron chi connectivity index (χ2n) is 7.35. The normalized spacial score (nSPS) is 16.2. The highest BCUT2D eigenvalue weighted by molar-refractivity contribution is 6.30. The van der Waals surface area contributed by atoms with Crippen molar-refractivity contribution in [3.8, 4) is 0 Å². The number of allylic oxidation sites excluding steroid dienone is 2. The summed E-state index contributed by atoms with van der Waals surface area (Å²) in [6.45, 7) is -0.477. The molecule has 10 nitrogen and oxygen atoms in total. The lowest BCUT2D eigenvalue weighted by molar-refractivity contribution is 0.0929. The fourth-order valence-corrected chi connectivity index (χ4v) is 3.40. The number of carbonyl (C=O) groups excluding carboxylic acids is 1. The van der Waals surface area contributed by atoms with E-state index in [1.165, 1.54) is 24.4 Å². The van der Waals surface area contributed by atoms with Crippen LogP contribution in [0, 0.1) is 5.82 Å². The Bertz CT molecular complexity index is 1260. The molecule has 3 heterocycles. The molecule has 12 heteroatoms. The van der Waals surface area contributed by atoms with Gasteiger partial charge in [-0.2, -0.15) is 5.10 Å². The summed E-state index contributed by atoms with van der Waals surface area (Å²) in [7, 11) is 1.78. The van der Waals surface area contributed by atoms with Crippen LogP contribution in [0.5, 0.6) is 0 Å². The summed E-state index contributed by atoms with van der Waals surface area (Å²) in [6, 6.07) is 5.83. The first-order valence-corrected chi connectivity index (χ1v) is 10.5. The standard InChI is InChI=1S/C22H21ClFN7O3/c1-30-19(5-8-26-30)29-21-25-7-4-17(27-21)14-6-9-31(20(33)11-14)22(34)28-18(12-32)13-2-3-15(23)16(24)10-13/h2-11,18,20,32-33H,12H2,1H3,(H,28,34)(H,25,27,29)/t18-,20?/m1/s1. The molecule has 0 saturated heterocycles. The van der Waals surface area contributed by atoms with Crippen LogP contribution >= 0.6 is 11.6 Å². The van der Waals surface area contributed by atoms with Gasteiger partial charge >= 0.3 is 6.03 Å². The minimum absolute atomic E-state index is 0.0674. The molecule has 0 saturated carbocycles. The number of nitrogens with zero attached hydrogens (tertiary/aromatic N) is 5. The van der Waals surface area contributed by atoms with Crippen LogP contribution < -0.4 is 10.6 Å². The van der Waals surface area contributed by atoms with Gasteiger partial charge in [-0.05, 0) is 35.9 Å². The van der Waals surface area contributed by atoms with E-state index in [0.29, 0.717) is 28.6 Å². The number of carbonyl (C=O) groups is 1. The Morgan fingerprint density at radius 3 is 2.79 bits per heavy atom. The van der Waals surface area contributed by atoms with Crippen LogP contribution in [0.2, 0.25) is 5.02 Å². The largest absolute Gasteiger partial charge is 0.394 e. The van der Waals surface area contributed by atoms with E-state index in [0.717, 1.165) is 11.0 Å². The van der Waals surface area contributed by atoms with Crippen LogP contribution in [-0.4, -0.2) is 53.7 Å². The van der Waals surface area contributed by atoms with Crippen LogP contribution in [0.1, 0.15) is 17.3 Å². The SMILES string of the molecule is Cn1nccc1Nc1nccc(C2=CC(O)N(C(=O)N[C@H](CO)c3ccc(Cl)c(F)c3)C=C2)n1. The number of aliphatic hydroxyl groups excluding tert-OH is 2. The summed E-state index contributed by atoms with van der Waals surface area (Å²) in [5.74, 6) is 0.373. The molecule has 1 unspecified atom stereocenters. The highest BCUT2D eigenvalue weighted by Crippen LogP contribution is 2.24. The number of anilines is 2. The maximum Gasteiger partial charge on any atom is 0.324 e. The van der Waals surface area contributed by atoms with Gasteiger partial charge < -0.3 is 20.8 Å². The Balaban J connectivity index is 1.45. The van der Waals surface area contributed by atoms with Crippen molar-refractivity contribution in [3.63, 3.8) is 0 Å². The molecule has 1 aromatic carbocycles. The number of aryl methyl sites for hydroxylation is 1. The van der Waals surface area contributed by atoms with Gasteiger partial charge in [0.15, 0.2) is 6.23 Å². The van der Waals surface area contributed by atoms with Crippen molar-refractivity contribution in [2.45, 2.75) is 12.3 Å². The number of rotatable bonds is 6. The zero-order valence-electron chi connectivity index (χ0n) is 17.9. The fraction of sp³-hybridized carbons (Fsp3) is 0.182. The number of aliphatic hydroxyl groups is 2. The average molecular weight is 486 g/mol. The molecule has 176 valence electrons. The van der Waals surface area contributed by atoms with Crippen molar-refractivity contribution in [2.75, 3.05) is 11.9 Å². The van der Waals surface area contributed by atoms with Gasteiger partial charge in [0.2, 0.25) is 5.95 Å². The zero-order valence-corrected chi connectivity index (χ0v) is 18.7. The van der Waals surface area contributed by atoms with Crippen LogP contribution in [0.4, 0.5) is 21.0 Å². The minimum atomic E-state index is -1.30. The molecule has 1 aliphatic heterocycles. The van der Waals surface area contributed by atoms with Crippen molar-refractivity contribution < 1.29 is 19.4 Å². The van der Waals surface area contributed by atoms with E-state index in [2.05, 4.69) is 25.7 Å². The molecule has 4 rings (SSSR count). The number of hydrogen-bond acceptors (Lipinski definition) is 7. The number of aromatic nitrogens is 4. The van der Waals surface area contributed by atoms with Gasteiger partial charge in [0.1, 0.15) is 11.6 Å². The molecule has 1 aliphatic rings. The van der Waals surface area contributed by atoms with Crippen LogP contribution in [0.15, 0.2) is 61.1 Å². The zero-order chi connectivity index (χ0) is 24.2. The predicted octanol–water partition coefficient (Wildman–Crippen LogP) is 2.72. The van der Waals surface area contributed by atoms with Gasteiger partial charge in [-0.1, -0.05) is 17.7 Å². The van der Waals surface area contributed by atoms with E-state index >= 15 is 0 Å². The van der Waals surface area contributed by atoms with Crippen molar-refractivity contribution in [2.24, 2.45) is 7.05 Å². The molecular formula is C22H21ClFN7O3. The lowest BCUT2D eigenvalue weighted by atomic mass is 10.1. The summed E-state index contributed by atoms with van der Waals surface area (Å²) >= 11 is 5.69. The lowest BCUT2D eigenvalue weighted by Gasteiger charge is -2.28. The molecule has 2 atom stereocenters. The summed E-state index contributed by atoms with van der Waals surface area (Å²) < 4.78 is 15.4. The summed E-state index contributed by atoms with van der Waals surface area (Å²) in [4.78, 5) is 22.4. The molecule has 0 bridgehead atoms. The quantitative estimate of drug-likeness (QED) is 0.422. The van der Waals surface area contributed by atoms with Gasteiger partial charge in [-0.15, -0.1) is 0 Å². The summed E-state index contributed by atoms with van der Waals surface area (Å²) in [5.41, 5.74) is 1.43. The Morgan fingerprint density at radius 2 is 2.12 bits per heavy atom. The molecule has 34 heavy (non-hydrogen) atoms. The summed E-state index contributed by atoms with van der Waals surface area (Å²) in [6.07, 6.45) is 6.36. The first-order valence-electron chi connectivity index (χ1n) is 10.2. The number of halogens is 2. The molecule has 4 N–H and O–H groups in total. The van der Waals surface area contributed by atoms with Crippen LogP contribution in [0.25, 0.3) is 5.57 Å². The molecule has 2 amide bonds. The van der Waals surface area contributed by atoms with Gasteiger partial charge in [0, 0.05) is 31.1 Å². The van der Waals surface area contributed by atoms with Gasteiger partial charge in [-0.3, -0.25) is 9.58 Å². The number of urea groups is 1. The number of benzene rings is 1. The predicted molar refractivity (Wildman–Crippen MR) is 123 cm³/mol. The Kier molecular flexibility index (Phi) is 6.87. The molecular weight excluding hydrogens is 465 g/mol. The van der Waals surface area contributed by atoms with Gasteiger partial charge in [-0.25, -0.2) is 19.2 Å². The first-order chi connectivity index (χ1) is 16.4. The van der Waals surface area contributed by atoms with E-state index in [-0.39, 0.29) is 5.02 Å². The second kappa shape index (κ2) is 10.00. The third-order valence-electron chi connectivity index (χ3n) is 5.10. The monoisotopic (exact) mass is 485 g/mol. The maximum atomic E-state index is 13.8. The van der Waals surface area contributed by atoms with E-state index in [9.17, 15) is 19.4 Å². The van der Waals surface area contributed by atoms with E-state index in [1.807, 2.05) is 0 Å². The number of amides is 2. The number of hydrogen-bond donors (Lipinski definition) is 4. The van der Waals surface area contributed by atoms with Crippen LogP contribution in [-0.2, 0) is 7.05 Å². The Labute approximate surface area is 199 Å². The lowest BCUT2D eigenvalue weighted by Crippen LogP contribution is -2.45. The Morgan fingerprint density at radius 1 is 1.29 bits per heavy atom. The topological polar surface area (TPSA) is 128 Å². The molecule has 0 spiro atoms. The average Bonchev–Trinajstić information content (AvgIpc) is 3.23. The van der Waals surface area contributed by atoms with Crippen molar-refractivity contribution in [3.05, 3.63) is 83.2 Å². The van der Waals surface area contributed by atoms with Crippen molar-refractivity contribution >= 4 is 35.0 Å². The molecule has 0 fully saturated rings. The summed E-state index contributed by atoms with van der Waals surface area (Å²) in [5, 5.41) is 29.8. The van der Waals surface area contributed by atoms with Gasteiger partial charge in [0.05, 0.1) is 29.6 Å². The van der Waals surface area contributed by atoms with Crippen molar-refractivity contribution in [1.82, 2.24) is 30.0 Å². The van der Waals surface area contributed by atoms with Crippen molar-refractivity contribution in [1.29, 1.82) is 0 Å². The molecule has 0 aliphatic carbocycles.